The second-order valence-corrected chi connectivity index (χ2v) is 5.48. The molecule has 0 atom stereocenters. The van der Waals surface area contributed by atoms with Crippen molar-refractivity contribution in [2.45, 2.75) is 12.8 Å². The third kappa shape index (κ3) is 3.07. The third-order valence-electron chi connectivity index (χ3n) is 3.43. The fourth-order valence-electron chi connectivity index (χ4n) is 2.29. The maximum Gasteiger partial charge on any atom is 0.306 e. The van der Waals surface area contributed by atoms with Gasteiger partial charge in [0.1, 0.15) is 0 Å². The summed E-state index contributed by atoms with van der Waals surface area (Å²) >= 11 is 3.33. The van der Waals surface area contributed by atoms with Crippen molar-refractivity contribution >= 4 is 33.5 Å². The van der Waals surface area contributed by atoms with Gasteiger partial charge in [-0.1, -0.05) is 0 Å². The van der Waals surface area contributed by atoms with Crippen molar-refractivity contribution in [3.05, 3.63) is 28.2 Å². The van der Waals surface area contributed by atoms with Crippen molar-refractivity contribution in [1.82, 2.24) is 0 Å². The van der Waals surface area contributed by atoms with E-state index in [4.69, 9.17) is 10.8 Å². The lowest BCUT2D eigenvalue weighted by molar-refractivity contribution is -0.142. The molecule has 0 saturated carbocycles. The van der Waals surface area contributed by atoms with Crippen LogP contribution < -0.4 is 10.6 Å². The van der Waals surface area contributed by atoms with Crippen molar-refractivity contribution in [3.63, 3.8) is 0 Å². The molecule has 3 N–H and O–H groups in total. The number of nitrogens with zero attached hydrogens (tertiary/aromatic N) is 1. The summed E-state index contributed by atoms with van der Waals surface area (Å²) in [6.45, 7) is 1.42. The number of carbonyl (C=O) groups excluding carboxylic acids is 1. The van der Waals surface area contributed by atoms with E-state index < -0.39 is 11.9 Å². The van der Waals surface area contributed by atoms with Crippen molar-refractivity contribution < 1.29 is 14.7 Å². The van der Waals surface area contributed by atoms with Crippen LogP contribution in [0.15, 0.2) is 22.7 Å². The normalized spacial score (nSPS) is 16.4. The number of anilines is 1. The Morgan fingerprint density at radius 2 is 1.95 bits per heavy atom. The van der Waals surface area contributed by atoms with E-state index in [1.54, 1.807) is 6.07 Å². The van der Waals surface area contributed by atoms with Gasteiger partial charge in [-0.05, 0) is 47.0 Å². The molecule has 0 unspecified atom stereocenters. The Bertz CT molecular complexity index is 511. The molecule has 1 saturated heterocycles. The zero-order valence-corrected chi connectivity index (χ0v) is 11.9. The van der Waals surface area contributed by atoms with Crippen molar-refractivity contribution in [2.75, 3.05) is 18.0 Å². The van der Waals surface area contributed by atoms with Gasteiger partial charge in [-0.2, -0.15) is 0 Å². The quantitative estimate of drug-likeness (QED) is 0.887. The summed E-state index contributed by atoms with van der Waals surface area (Å²) < 4.78 is 0.665. The van der Waals surface area contributed by atoms with Gasteiger partial charge in [0.15, 0.2) is 0 Å². The predicted octanol–water partition coefficient (Wildman–Crippen LogP) is 1.85. The number of nitrogens with two attached hydrogens (primary N) is 1. The summed E-state index contributed by atoms with van der Waals surface area (Å²) in [6, 6.07) is 5.37. The number of carbonyl (C=O) groups is 2. The first kappa shape index (κ1) is 13.9. The third-order valence-corrected chi connectivity index (χ3v) is 4.08. The Labute approximate surface area is 119 Å². The van der Waals surface area contributed by atoms with E-state index >= 15 is 0 Å². The number of hydrogen-bond donors (Lipinski definition) is 2. The standard InChI is InChI=1S/C13H15BrN2O3/c14-11-7-9(1-2-10(11)12(15)17)16-5-3-8(4-6-16)13(18)19/h1-2,7-8H,3-6H2,(H2,15,17)(H,18,19). The van der Waals surface area contributed by atoms with E-state index in [9.17, 15) is 9.59 Å². The topological polar surface area (TPSA) is 83.6 Å². The average Bonchev–Trinajstić information content (AvgIpc) is 2.38. The number of amides is 1. The first-order valence-electron chi connectivity index (χ1n) is 6.06. The number of carboxylic acids is 1. The van der Waals surface area contributed by atoms with Gasteiger partial charge in [0, 0.05) is 23.2 Å². The van der Waals surface area contributed by atoms with Gasteiger partial charge >= 0.3 is 5.97 Å². The maximum absolute atomic E-state index is 11.1. The molecule has 1 fully saturated rings. The minimum Gasteiger partial charge on any atom is -0.481 e. The molecule has 0 spiro atoms. The van der Waals surface area contributed by atoms with E-state index in [0.29, 0.717) is 36.0 Å². The molecule has 0 radical (unpaired) electrons. The molecule has 5 nitrogen and oxygen atoms in total. The number of hydrogen-bond acceptors (Lipinski definition) is 3. The first-order chi connectivity index (χ1) is 8.99. The summed E-state index contributed by atoms with van der Waals surface area (Å²) in [5.74, 6) is -1.43. The molecule has 1 heterocycles. The second-order valence-electron chi connectivity index (χ2n) is 4.63. The lowest BCUT2D eigenvalue weighted by Gasteiger charge is -2.32. The minimum absolute atomic E-state index is 0.246. The molecule has 0 bridgehead atoms. The predicted molar refractivity (Wildman–Crippen MR) is 75.2 cm³/mol. The zero-order valence-electron chi connectivity index (χ0n) is 10.3. The molecule has 1 aliphatic heterocycles. The Hall–Kier alpha value is -1.56. The average molecular weight is 327 g/mol. The molecule has 0 aromatic heterocycles. The highest BCUT2D eigenvalue weighted by Gasteiger charge is 2.24. The van der Waals surface area contributed by atoms with Crippen LogP contribution in [0.5, 0.6) is 0 Å². The lowest BCUT2D eigenvalue weighted by Crippen LogP contribution is -2.36. The number of benzene rings is 1. The van der Waals surface area contributed by atoms with Crippen LogP contribution in [0.3, 0.4) is 0 Å². The Morgan fingerprint density at radius 1 is 1.32 bits per heavy atom. The van der Waals surface area contributed by atoms with Gasteiger partial charge in [0.25, 0.3) is 0 Å². The van der Waals surface area contributed by atoms with Crippen LogP contribution in [0, 0.1) is 5.92 Å². The van der Waals surface area contributed by atoms with Crippen LogP contribution in [0.1, 0.15) is 23.2 Å². The highest BCUT2D eigenvalue weighted by molar-refractivity contribution is 9.10. The number of halogens is 1. The van der Waals surface area contributed by atoms with Crippen LogP contribution in [-0.2, 0) is 4.79 Å². The molecular formula is C13H15BrN2O3. The Kier molecular flexibility index (Phi) is 4.09. The fourth-order valence-corrected chi connectivity index (χ4v) is 2.85. The molecule has 19 heavy (non-hydrogen) atoms. The highest BCUT2D eigenvalue weighted by Crippen LogP contribution is 2.27. The Morgan fingerprint density at radius 3 is 2.42 bits per heavy atom. The summed E-state index contributed by atoms with van der Waals surface area (Å²) in [6.07, 6.45) is 1.29. The summed E-state index contributed by atoms with van der Waals surface area (Å²) in [7, 11) is 0. The highest BCUT2D eigenvalue weighted by atomic mass is 79.9. The van der Waals surface area contributed by atoms with Gasteiger partial charge in [0.05, 0.1) is 11.5 Å². The van der Waals surface area contributed by atoms with Crippen LogP contribution in [-0.4, -0.2) is 30.1 Å². The number of piperidine rings is 1. The monoisotopic (exact) mass is 326 g/mol. The second kappa shape index (κ2) is 5.61. The zero-order chi connectivity index (χ0) is 14.0. The molecular weight excluding hydrogens is 312 g/mol. The number of primary amides is 1. The van der Waals surface area contributed by atoms with E-state index in [2.05, 4.69) is 20.8 Å². The van der Waals surface area contributed by atoms with Gasteiger partial charge in [-0.3, -0.25) is 9.59 Å². The van der Waals surface area contributed by atoms with Crippen molar-refractivity contribution in [2.24, 2.45) is 11.7 Å². The summed E-state index contributed by atoms with van der Waals surface area (Å²) in [4.78, 5) is 24.2. The number of aliphatic carboxylic acids is 1. The molecule has 1 aliphatic rings. The van der Waals surface area contributed by atoms with E-state index in [0.717, 1.165) is 5.69 Å². The van der Waals surface area contributed by atoms with Gasteiger partial charge in [-0.15, -0.1) is 0 Å². The van der Waals surface area contributed by atoms with Gasteiger partial charge < -0.3 is 15.7 Å². The SMILES string of the molecule is NC(=O)c1ccc(N2CCC(C(=O)O)CC2)cc1Br. The van der Waals surface area contributed by atoms with Crippen LogP contribution in [0.25, 0.3) is 0 Å². The van der Waals surface area contributed by atoms with Crippen molar-refractivity contribution in [1.29, 1.82) is 0 Å². The van der Waals surface area contributed by atoms with E-state index in [-0.39, 0.29) is 5.92 Å². The summed E-state index contributed by atoms with van der Waals surface area (Å²) in [5, 5.41) is 8.96. The fraction of sp³-hybridized carbons (Fsp3) is 0.385. The van der Waals surface area contributed by atoms with Crippen LogP contribution >= 0.6 is 15.9 Å². The number of rotatable bonds is 3. The first-order valence-corrected chi connectivity index (χ1v) is 6.85. The molecule has 1 aromatic rings. The molecule has 1 amide bonds. The van der Waals surface area contributed by atoms with E-state index in [1.807, 2.05) is 12.1 Å². The number of carboxylic acid groups (broad SMARTS) is 1. The van der Waals surface area contributed by atoms with Gasteiger partial charge in [-0.25, -0.2) is 0 Å². The molecule has 102 valence electrons. The van der Waals surface area contributed by atoms with Crippen molar-refractivity contribution in [3.8, 4) is 0 Å². The largest absolute Gasteiger partial charge is 0.481 e. The van der Waals surface area contributed by atoms with Crippen LogP contribution in [0.2, 0.25) is 0 Å². The Balaban J connectivity index is 2.10. The molecule has 0 aliphatic carbocycles. The minimum atomic E-state index is -0.718. The molecule has 1 aromatic carbocycles. The van der Waals surface area contributed by atoms with E-state index in [1.165, 1.54) is 0 Å². The maximum atomic E-state index is 11.1. The molecule has 2 rings (SSSR count). The van der Waals surface area contributed by atoms with Gasteiger partial charge in [0.2, 0.25) is 5.91 Å². The smallest absolute Gasteiger partial charge is 0.306 e. The summed E-state index contributed by atoms with van der Waals surface area (Å²) in [5.41, 5.74) is 6.67. The molecule has 6 heteroatoms. The van der Waals surface area contributed by atoms with Crippen LogP contribution in [0.4, 0.5) is 5.69 Å². The lowest BCUT2D eigenvalue weighted by atomic mass is 9.96.